The zero-order valence-corrected chi connectivity index (χ0v) is 13.2. The van der Waals surface area contributed by atoms with E-state index in [-0.39, 0.29) is 0 Å². The molecule has 0 aliphatic rings. The largest absolute Gasteiger partial charge is 0.494 e. The fraction of sp³-hybridized carbons (Fsp3) is 0.167. The molecule has 3 aromatic rings. The lowest BCUT2D eigenvalue weighted by atomic mass is 10.0. The van der Waals surface area contributed by atoms with Crippen molar-refractivity contribution >= 4 is 0 Å². The van der Waals surface area contributed by atoms with Gasteiger partial charge in [0.05, 0.1) is 7.11 Å². The molecule has 0 N–H and O–H groups in total. The topological polar surface area (TPSA) is 63.7 Å². The summed E-state index contributed by atoms with van der Waals surface area (Å²) in [4.78, 5) is 0. The Labute approximate surface area is 134 Å². The molecule has 0 aliphatic carbocycles. The Bertz CT molecular complexity index is 906. The molecule has 0 aliphatic heterocycles. The molecular weight excluding hydrogens is 288 g/mol. The van der Waals surface area contributed by atoms with Gasteiger partial charge in [0.1, 0.15) is 23.2 Å². The van der Waals surface area contributed by atoms with Crippen LogP contribution in [0.25, 0.3) is 16.9 Å². The van der Waals surface area contributed by atoms with Crippen LogP contribution in [0.5, 0.6) is 5.75 Å². The van der Waals surface area contributed by atoms with Crippen molar-refractivity contribution < 1.29 is 4.74 Å². The standard InChI is InChI=1S/C18H16N4O/c1-12-8-9-14(10-13(12)2)18-15(11-19)20-21-22(18)16-6-4-5-7-17(16)23-3/h4-10H,1-3H3. The molecule has 0 fully saturated rings. The third kappa shape index (κ3) is 2.55. The van der Waals surface area contributed by atoms with Gasteiger partial charge in [0.2, 0.25) is 0 Å². The number of hydrogen-bond acceptors (Lipinski definition) is 4. The minimum atomic E-state index is 0.291. The Balaban J connectivity index is 2.26. The smallest absolute Gasteiger partial charge is 0.191 e. The van der Waals surface area contributed by atoms with Crippen molar-refractivity contribution in [2.24, 2.45) is 0 Å². The first-order valence-electron chi connectivity index (χ1n) is 7.22. The number of methoxy groups -OCH3 is 1. The zero-order chi connectivity index (χ0) is 16.4. The molecule has 5 heteroatoms. The number of rotatable bonds is 3. The Morgan fingerprint density at radius 2 is 1.87 bits per heavy atom. The predicted molar refractivity (Wildman–Crippen MR) is 87.5 cm³/mol. The molecule has 1 aromatic heterocycles. The average molecular weight is 304 g/mol. The van der Waals surface area contributed by atoms with Gasteiger partial charge in [-0.25, -0.2) is 4.68 Å². The average Bonchev–Trinajstić information content (AvgIpc) is 3.01. The fourth-order valence-corrected chi connectivity index (χ4v) is 2.48. The minimum Gasteiger partial charge on any atom is -0.494 e. The monoisotopic (exact) mass is 304 g/mol. The summed E-state index contributed by atoms with van der Waals surface area (Å²) >= 11 is 0. The molecule has 3 rings (SSSR count). The van der Waals surface area contributed by atoms with Crippen LogP contribution in [0.3, 0.4) is 0 Å². The van der Waals surface area contributed by atoms with Gasteiger partial charge in [0, 0.05) is 5.56 Å². The first-order chi connectivity index (χ1) is 11.2. The van der Waals surface area contributed by atoms with Gasteiger partial charge < -0.3 is 4.74 Å². The van der Waals surface area contributed by atoms with E-state index in [1.165, 1.54) is 5.56 Å². The van der Waals surface area contributed by atoms with E-state index in [4.69, 9.17) is 4.74 Å². The Morgan fingerprint density at radius 1 is 1.09 bits per heavy atom. The quantitative estimate of drug-likeness (QED) is 0.743. The predicted octanol–water partition coefficient (Wildman–Crippen LogP) is 3.43. The second-order valence-corrected chi connectivity index (χ2v) is 5.28. The summed E-state index contributed by atoms with van der Waals surface area (Å²) in [7, 11) is 1.61. The molecule has 0 radical (unpaired) electrons. The van der Waals surface area contributed by atoms with Crippen molar-refractivity contribution in [2.45, 2.75) is 13.8 Å². The summed E-state index contributed by atoms with van der Waals surface area (Å²) < 4.78 is 7.06. The van der Waals surface area contributed by atoms with E-state index in [9.17, 15) is 5.26 Å². The van der Waals surface area contributed by atoms with Gasteiger partial charge in [-0.15, -0.1) is 5.10 Å². The van der Waals surface area contributed by atoms with Crippen LogP contribution in [0.15, 0.2) is 42.5 Å². The number of benzene rings is 2. The number of nitrogens with zero attached hydrogens (tertiary/aromatic N) is 4. The molecule has 0 bridgehead atoms. The van der Waals surface area contributed by atoms with Crippen molar-refractivity contribution in [1.82, 2.24) is 15.0 Å². The summed E-state index contributed by atoms with van der Waals surface area (Å²) in [6.45, 7) is 4.10. The van der Waals surface area contributed by atoms with Gasteiger partial charge in [-0.1, -0.05) is 29.5 Å². The summed E-state index contributed by atoms with van der Waals surface area (Å²) in [6.07, 6.45) is 0. The van der Waals surface area contributed by atoms with Crippen LogP contribution >= 0.6 is 0 Å². The highest BCUT2D eigenvalue weighted by Gasteiger charge is 2.18. The molecule has 0 saturated heterocycles. The Morgan fingerprint density at radius 3 is 2.57 bits per heavy atom. The highest BCUT2D eigenvalue weighted by molar-refractivity contribution is 5.69. The summed E-state index contributed by atoms with van der Waals surface area (Å²) in [5.74, 6) is 0.673. The van der Waals surface area contributed by atoms with E-state index < -0.39 is 0 Å². The third-order valence-electron chi connectivity index (χ3n) is 3.87. The number of aryl methyl sites for hydroxylation is 2. The van der Waals surface area contributed by atoms with Gasteiger partial charge >= 0.3 is 0 Å². The number of aromatic nitrogens is 3. The molecule has 0 spiro atoms. The first-order valence-corrected chi connectivity index (χ1v) is 7.22. The van der Waals surface area contributed by atoms with Crippen LogP contribution in [0.1, 0.15) is 16.8 Å². The van der Waals surface area contributed by atoms with Crippen molar-refractivity contribution in [1.29, 1.82) is 5.26 Å². The van der Waals surface area contributed by atoms with Gasteiger partial charge in [-0.2, -0.15) is 5.26 Å². The second-order valence-electron chi connectivity index (χ2n) is 5.28. The van der Waals surface area contributed by atoms with E-state index in [0.29, 0.717) is 17.1 Å². The molecule has 23 heavy (non-hydrogen) atoms. The molecule has 114 valence electrons. The van der Waals surface area contributed by atoms with E-state index in [2.05, 4.69) is 23.3 Å². The maximum absolute atomic E-state index is 9.39. The van der Waals surface area contributed by atoms with Crippen LogP contribution in [0, 0.1) is 25.2 Å². The maximum atomic E-state index is 9.39. The van der Waals surface area contributed by atoms with E-state index in [0.717, 1.165) is 16.8 Å². The highest BCUT2D eigenvalue weighted by atomic mass is 16.5. The zero-order valence-electron chi connectivity index (χ0n) is 13.2. The molecule has 0 saturated carbocycles. The van der Waals surface area contributed by atoms with Gasteiger partial charge in [0.15, 0.2) is 5.69 Å². The summed E-state index contributed by atoms with van der Waals surface area (Å²) in [6, 6.07) is 15.7. The summed E-state index contributed by atoms with van der Waals surface area (Å²) in [5, 5.41) is 17.6. The lowest BCUT2D eigenvalue weighted by molar-refractivity contribution is 0.411. The van der Waals surface area contributed by atoms with Crippen molar-refractivity contribution in [2.75, 3.05) is 7.11 Å². The van der Waals surface area contributed by atoms with Crippen LogP contribution < -0.4 is 4.74 Å². The van der Waals surface area contributed by atoms with Crippen molar-refractivity contribution in [3.05, 3.63) is 59.3 Å². The minimum absolute atomic E-state index is 0.291. The molecule has 0 unspecified atom stereocenters. The Kier molecular flexibility index (Phi) is 3.82. The molecular formula is C18H16N4O. The van der Waals surface area contributed by atoms with Crippen LogP contribution in [-0.2, 0) is 0 Å². The molecule has 0 amide bonds. The molecule has 5 nitrogen and oxygen atoms in total. The van der Waals surface area contributed by atoms with E-state index >= 15 is 0 Å². The Hall–Kier alpha value is -3.13. The van der Waals surface area contributed by atoms with Crippen molar-refractivity contribution in [3.63, 3.8) is 0 Å². The number of para-hydroxylation sites is 2. The number of nitriles is 1. The maximum Gasteiger partial charge on any atom is 0.191 e. The normalized spacial score (nSPS) is 10.3. The first kappa shape index (κ1) is 14.8. The summed E-state index contributed by atoms with van der Waals surface area (Å²) in [5.41, 5.74) is 4.96. The second kappa shape index (κ2) is 5.93. The van der Waals surface area contributed by atoms with Crippen LogP contribution in [0.2, 0.25) is 0 Å². The van der Waals surface area contributed by atoms with E-state index in [1.54, 1.807) is 11.8 Å². The highest BCUT2D eigenvalue weighted by Crippen LogP contribution is 2.30. The van der Waals surface area contributed by atoms with Crippen molar-refractivity contribution in [3.8, 4) is 28.8 Å². The molecule has 1 heterocycles. The molecule has 0 atom stereocenters. The number of hydrogen-bond donors (Lipinski definition) is 0. The third-order valence-corrected chi connectivity index (χ3v) is 3.87. The van der Waals surface area contributed by atoms with Gasteiger partial charge in [-0.05, 0) is 43.2 Å². The fourth-order valence-electron chi connectivity index (χ4n) is 2.48. The lowest BCUT2D eigenvalue weighted by Gasteiger charge is -2.11. The van der Waals surface area contributed by atoms with Gasteiger partial charge in [-0.3, -0.25) is 0 Å². The van der Waals surface area contributed by atoms with Crippen LogP contribution in [0.4, 0.5) is 0 Å². The lowest BCUT2D eigenvalue weighted by Crippen LogP contribution is -2.02. The number of ether oxygens (including phenoxy) is 1. The van der Waals surface area contributed by atoms with Crippen LogP contribution in [-0.4, -0.2) is 22.1 Å². The SMILES string of the molecule is COc1ccccc1-n1nnc(C#N)c1-c1ccc(C)c(C)c1. The van der Waals surface area contributed by atoms with E-state index in [1.807, 2.05) is 49.4 Å². The molecule has 2 aromatic carbocycles. The van der Waals surface area contributed by atoms with Gasteiger partial charge in [0.25, 0.3) is 0 Å².